The molecule has 1 aromatic rings. The van der Waals surface area contributed by atoms with E-state index < -0.39 is 0 Å². The number of rotatable bonds is 3. The van der Waals surface area contributed by atoms with E-state index in [1.54, 1.807) is 29.2 Å². The van der Waals surface area contributed by atoms with Crippen molar-refractivity contribution in [2.75, 3.05) is 25.0 Å². The topological polar surface area (TPSA) is 65.4 Å². The lowest BCUT2D eigenvalue weighted by atomic mass is 10.1. The summed E-state index contributed by atoms with van der Waals surface area (Å²) in [6.07, 6.45) is 2.11. The van der Waals surface area contributed by atoms with E-state index in [0.717, 1.165) is 19.4 Å². The Morgan fingerprint density at radius 2 is 2.25 bits per heavy atom. The highest BCUT2D eigenvalue weighted by atomic mass is 16.5. The quantitative estimate of drug-likeness (QED) is 0.920. The average Bonchev–Trinajstić information content (AvgIpc) is 2.48. The SMILES string of the molecule is CCOC1CCCN(C(=O)Nc2ccc(C#N)cc2)C1. The van der Waals surface area contributed by atoms with Crippen LogP contribution in [-0.4, -0.2) is 36.7 Å². The Labute approximate surface area is 119 Å². The van der Waals surface area contributed by atoms with Crippen LogP contribution in [-0.2, 0) is 4.74 Å². The van der Waals surface area contributed by atoms with Crippen LogP contribution in [0.2, 0.25) is 0 Å². The number of urea groups is 1. The molecule has 20 heavy (non-hydrogen) atoms. The van der Waals surface area contributed by atoms with Crippen LogP contribution in [0.5, 0.6) is 0 Å². The first-order valence-corrected chi connectivity index (χ1v) is 6.90. The highest BCUT2D eigenvalue weighted by Crippen LogP contribution is 2.15. The predicted octanol–water partition coefficient (Wildman–Crippen LogP) is 2.59. The van der Waals surface area contributed by atoms with Crippen LogP contribution in [0.25, 0.3) is 0 Å². The fraction of sp³-hybridized carbons (Fsp3) is 0.467. The second kappa shape index (κ2) is 6.92. The van der Waals surface area contributed by atoms with Crippen molar-refractivity contribution >= 4 is 11.7 Å². The van der Waals surface area contributed by atoms with Gasteiger partial charge in [0.15, 0.2) is 0 Å². The molecule has 1 aliphatic rings. The maximum absolute atomic E-state index is 12.2. The summed E-state index contributed by atoms with van der Waals surface area (Å²) < 4.78 is 5.59. The van der Waals surface area contributed by atoms with Crippen molar-refractivity contribution in [2.24, 2.45) is 0 Å². The van der Waals surface area contributed by atoms with Gasteiger partial charge in [-0.2, -0.15) is 5.26 Å². The normalized spacial score (nSPS) is 18.4. The number of anilines is 1. The maximum atomic E-state index is 12.2. The first kappa shape index (κ1) is 14.4. The lowest BCUT2D eigenvalue weighted by Crippen LogP contribution is -2.45. The Kier molecular flexibility index (Phi) is 4.97. The van der Waals surface area contributed by atoms with E-state index in [9.17, 15) is 4.79 Å². The van der Waals surface area contributed by atoms with Gasteiger partial charge in [-0.15, -0.1) is 0 Å². The molecular formula is C15H19N3O2. The Hall–Kier alpha value is -2.06. The third kappa shape index (κ3) is 3.72. The molecule has 1 unspecified atom stereocenters. The summed E-state index contributed by atoms with van der Waals surface area (Å²) >= 11 is 0. The minimum absolute atomic E-state index is 0.112. The second-order valence-electron chi connectivity index (χ2n) is 4.78. The van der Waals surface area contributed by atoms with Gasteiger partial charge < -0.3 is 15.0 Å². The summed E-state index contributed by atoms with van der Waals surface area (Å²) in [6, 6.07) is 8.79. The van der Waals surface area contributed by atoms with Crippen molar-refractivity contribution in [3.8, 4) is 6.07 Å². The summed E-state index contributed by atoms with van der Waals surface area (Å²) in [5.41, 5.74) is 1.28. The third-order valence-corrected chi connectivity index (χ3v) is 3.33. The minimum Gasteiger partial charge on any atom is -0.377 e. The molecule has 1 fully saturated rings. The molecule has 1 aromatic carbocycles. The van der Waals surface area contributed by atoms with Gasteiger partial charge in [0.2, 0.25) is 0 Å². The van der Waals surface area contributed by atoms with Crippen LogP contribution in [0.3, 0.4) is 0 Å². The van der Waals surface area contributed by atoms with Crippen molar-refractivity contribution in [1.82, 2.24) is 4.90 Å². The minimum atomic E-state index is -0.112. The zero-order valence-corrected chi connectivity index (χ0v) is 11.6. The van der Waals surface area contributed by atoms with Crippen molar-refractivity contribution in [3.63, 3.8) is 0 Å². The van der Waals surface area contributed by atoms with Gasteiger partial charge in [-0.05, 0) is 44.0 Å². The number of carbonyl (C=O) groups excluding carboxylic acids is 1. The Bertz CT molecular complexity index is 491. The zero-order chi connectivity index (χ0) is 14.4. The first-order chi connectivity index (χ1) is 9.72. The number of nitrogens with one attached hydrogen (secondary N) is 1. The molecule has 0 spiro atoms. The van der Waals surface area contributed by atoms with E-state index in [4.69, 9.17) is 10.00 Å². The number of benzene rings is 1. The van der Waals surface area contributed by atoms with E-state index in [0.29, 0.717) is 24.4 Å². The molecule has 0 bridgehead atoms. The molecular weight excluding hydrogens is 254 g/mol. The van der Waals surface area contributed by atoms with Crippen molar-refractivity contribution in [3.05, 3.63) is 29.8 Å². The first-order valence-electron chi connectivity index (χ1n) is 6.90. The number of likely N-dealkylation sites (tertiary alicyclic amines) is 1. The largest absolute Gasteiger partial charge is 0.377 e. The second-order valence-corrected chi connectivity index (χ2v) is 4.78. The predicted molar refractivity (Wildman–Crippen MR) is 76.4 cm³/mol. The number of hydrogen-bond donors (Lipinski definition) is 1. The van der Waals surface area contributed by atoms with Crippen molar-refractivity contribution < 1.29 is 9.53 Å². The molecule has 5 heteroatoms. The van der Waals surface area contributed by atoms with Gasteiger partial charge >= 0.3 is 6.03 Å². The van der Waals surface area contributed by atoms with E-state index in [1.807, 2.05) is 6.92 Å². The fourth-order valence-electron chi connectivity index (χ4n) is 2.33. The lowest BCUT2D eigenvalue weighted by molar-refractivity contribution is 0.0181. The molecule has 5 nitrogen and oxygen atoms in total. The van der Waals surface area contributed by atoms with Crippen LogP contribution < -0.4 is 5.32 Å². The van der Waals surface area contributed by atoms with Gasteiger partial charge in [0.05, 0.1) is 17.7 Å². The Balaban J connectivity index is 1.92. The van der Waals surface area contributed by atoms with Gasteiger partial charge in [-0.3, -0.25) is 0 Å². The summed E-state index contributed by atoms with van der Waals surface area (Å²) in [5.74, 6) is 0. The average molecular weight is 273 g/mol. The van der Waals surface area contributed by atoms with E-state index >= 15 is 0 Å². The number of carbonyl (C=O) groups is 1. The highest BCUT2D eigenvalue weighted by molar-refractivity contribution is 5.89. The third-order valence-electron chi connectivity index (χ3n) is 3.33. The van der Waals surface area contributed by atoms with Crippen molar-refractivity contribution in [2.45, 2.75) is 25.9 Å². The van der Waals surface area contributed by atoms with Crippen LogP contribution in [0.4, 0.5) is 10.5 Å². The zero-order valence-electron chi connectivity index (χ0n) is 11.6. The Morgan fingerprint density at radius 1 is 1.50 bits per heavy atom. The highest BCUT2D eigenvalue weighted by Gasteiger charge is 2.23. The number of hydrogen-bond acceptors (Lipinski definition) is 3. The molecule has 0 aliphatic carbocycles. The van der Waals surface area contributed by atoms with Crippen LogP contribution in [0.15, 0.2) is 24.3 Å². The van der Waals surface area contributed by atoms with Crippen molar-refractivity contribution in [1.29, 1.82) is 5.26 Å². The van der Waals surface area contributed by atoms with Gasteiger partial charge in [0, 0.05) is 25.4 Å². The molecule has 0 radical (unpaired) electrons. The van der Waals surface area contributed by atoms with Gasteiger partial charge in [0.1, 0.15) is 0 Å². The molecule has 2 rings (SSSR count). The number of piperidine rings is 1. The number of amides is 2. The molecule has 1 N–H and O–H groups in total. The van der Waals surface area contributed by atoms with Gasteiger partial charge in [-0.1, -0.05) is 0 Å². The smallest absolute Gasteiger partial charge is 0.321 e. The number of ether oxygens (including phenoxy) is 1. The molecule has 1 saturated heterocycles. The van der Waals surface area contributed by atoms with Crippen LogP contribution in [0, 0.1) is 11.3 Å². The molecule has 1 atom stereocenters. The number of nitriles is 1. The standard InChI is InChI=1S/C15H19N3O2/c1-2-20-14-4-3-9-18(11-14)15(19)17-13-7-5-12(10-16)6-8-13/h5-8,14H,2-4,9,11H2,1H3,(H,17,19). The van der Waals surface area contributed by atoms with Gasteiger partial charge in [-0.25, -0.2) is 4.79 Å². The fourth-order valence-corrected chi connectivity index (χ4v) is 2.33. The van der Waals surface area contributed by atoms with E-state index in [1.165, 1.54) is 0 Å². The molecule has 0 saturated carbocycles. The van der Waals surface area contributed by atoms with E-state index in [2.05, 4.69) is 11.4 Å². The monoisotopic (exact) mass is 273 g/mol. The van der Waals surface area contributed by atoms with E-state index in [-0.39, 0.29) is 12.1 Å². The lowest BCUT2D eigenvalue weighted by Gasteiger charge is -2.32. The molecule has 1 heterocycles. The molecule has 0 aromatic heterocycles. The number of nitrogens with zero attached hydrogens (tertiary/aromatic N) is 2. The summed E-state index contributed by atoms with van der Waals surface area (Å²) in [4.78, 5) is 13.9. The summed E-state index contributed by atoms with van der Waals surface area (Å²) in [6.45, 7) is 4.03. The molecule has 1 aliphatic heterocycles. The molecule has 2 amide bonds. The summed E-state index contributed by atoms with van der Waals surface area (Å²) in [5, 5.41) is 11.6. The maximum Gasteiger partial charge on any atom is 0.321 e. The van der Waals surface area contributed by atoms with Gasteiger partial charge in [0.25, 0.3) is 0 Å². The summed E-state index contributed by atoms with van der Waals surface area (Å²) in [7, 11) is 0. The molecule has 106 valence electrons. The van der Waals surface area contributed by atoms with Crippen LogP contribution in [0.1, 0.15) is 25.3 Å². The van der Waals surface area contributed by atoms with Crippen LogP contribution >= 0.6 is 0 Å². The Morgan fingerprint density at radius 3 is 2.90 bits per heavy atom.